The zero-order valence-corrected chi connectivity index (χ0v) is 22.3. The number of ether oxygens (including phenoxy) is 1. The van der Waals surface area contributed by atoms with Crippen molar-refractivity contribution >= 4 is 43.5 Å². The lowest BCUT2D eigenvalue weighted by molar-refractivity contribution is -0.0434. The van der Waals surface area contributed by atoms with Crippen molar-refractivity contribution in [3.05, 3.63) is 52.8 Å². The van der Waals surface area contributed by atoms with Gasteiger partial charge in [0.1, 0.15) is 11.3 Å². The number of nitrogens with zero attached hydrogens (tertiary/aromatic N) is 4. The van der Waals surface area contributed by atoms with Crippen LogP contribution in [-0.2, 0) is 24.8 Å². The van der Waals surface area contributed by atoms with Crippen LogP contribution in [-0.4, -0.2) is 66.3 Å². The molecule has 0 saturated carbocycles. The molecule has 3 aromatic rings. The maximum atomic E-state index is 12.0. The van der Waals surface area contributed by atoms with Gasteiger partial charge in [-0.15, -0.1) is 0 Å². The average Bonchev–Trinajstić information content (AvgIpc) is 3.51. The first kappa shape index (κ1) is 26.7. The fourth-order valence-corrected chi connectivity index (χ4v) is 7.81. The smallest absolute Gasteiger partial charge is 0.340 e. The molecule has 3 heterocycles. The zero-order valence-electron chi connectivity index (χ0n) is 19.8. The zero-order chi connectivity index (χ0) is 26.5. The summed E-state index contributed by atoms with van der Waals surface area (Å²) >= 11 is 6.41. The van der Waals surface area contributed by atoms with E-state index in [0.29, 0.717) is 5.65 Å². The number of aliphatic hydroxyl groups is 1. The van der Waals surface area contributed by atoms with Crippen LogP contribution in [0.1, 0.15) is 36.2 Å². The molecule has 37 heavy (non-hydrogen) atoms. The van der Waals surface area contributed by atoms with Crippen LogP contribution < -0.4 is 4.90 Å². The largest absolute Gasteiger partial charge is 0.390 e. The van der Waals surface area contributed by atoms with Crippen molar-refractivity contribution in [3.63, 3.8) is 0 Å². The first-order chi connectivity index (χ1) is 17.4. The van der Waals surface area contributed by atoms with Crippen molar-refractivity contribution in [1.82, 2.24) is 14.8 Å². The van der Waals surface area contributed by atoms with Crippen LogP contribution in [0.2, 0.25) is 5.15 Å². The van der Waals surface area contributed by atoms with E-state index in [4.69, 9.17) is 30.6 Å². The molecule has 0 bridgehead atoms. The number of aryl methyl sites for hydroxylation is 1. The number of aromatic nitrogens is 3. The third-order valence-corrected chi connectivity index (χ3v) is 10.4. The standard InChI is InChI=1S/C22H27ClN4O8P2/c1-26(16-7-6-13-4-2-3-5-14(13)16)17-8-20(23)25-22-15(17)10-24-27(22)21-9-18(28)19(35-21)11-34-37(32,33)12-36(29,30)31/h2-5,8,10,16,18-19,21,28H,6-7,9,11-12H2,1H3,(H,32,33)(H2,29,30,31)/t16?,18?,19-,21-/m1/s1. The van der Waals surface area contributed by atoms with Gasteiger partial charge < -0.3 is 33.9 Å². The highest BCUT2D eigenvalue weighted by Gasteiger charge is 2.39. The van der Waals surface area contributed by atoms with Crippen LogP contribution in [0.15, 0.2) is 36.5 Å². The highest BCUT2D eigenvalue weighted by atomic mass is 35.5. The lowest BCUT2D eigenvalue weighted by atomic mass is 10.1. The molecule has 5 atom stereocenters. The molecule has 12 nitrogen and oxygen atoms in total. The summed E-state index contributed by atoms with van der Waals surface area (Å²) in [5, 5.41) is 15.9. The molecular weight excluding hydrogens is 546 g/mol. The number of hydrogen-bond acceptors (Lipinski definition) is 8. The fourth-order valence-electron chi connectivity index (χ4n) is 5.06. The minimum absolute atomic E-state index is 0.0917. The Morgan fingerprint density at radius 2 is 2.03 bits per heavy atom. The van der Waals surface area contributed by atoms with Gasteiger partial charge in [0.25, 0.3) is 0 Å². The van der Waals surface area contributed by atoms with E-state index in [0.717, 1.165) is 23.9 Å². The molecule has 1 aliphatic heterocycles. The molecule has 200 valence electrons. The van der Waals surface area contributed by atoms with Gasteiger partial charge in [0.05, 0.1) is 36.0 Å². The summed E-state index contributed by atoms with van der Waals surface area (Å²) in [5.41, 5.74) is 3.89. The van der Waals surface area contributed by atoms with E-state index in [1.54, 1.807) is 12.3 Å². The number of benzene rings is 1. The van der Waals surface area contributed by atoms with E-state index in [2.05, 4.69) is 27.1 Å². The molecule has 0 amide bonds. The maximum Gasteiger partial charge on any atom is 0.340 e. The van der Waals surface area contributed by atoms with Crippen molar-refractivity contribution in [2.75, 3.05) is 24.5 Å². The van der Waals surface area contributed by atoms with Crippen LogP contribution in [0.25, 0.3) is 11.0 Å². The third kappa shape index (κ3) is 5.63. The predicted octanol–water partition coefficient (Wildman–Crippen LogP) is 3.19. The topological polar surface area (TPSA) is 167 Å². The summed E-state index contributed by atoms with van der Waals surface area (Å²) in [4.78, 5) is 34.2. The summed E-state index contributed by atoms with van der Waals surface area (Å²) in [6.07, 6.45) is 0.840. The Bertz CT molecular complexity index is 1410. The maximum absolute atomic E-state index is 12.0. The number of aliphatic hydroxyl groups excluding tert-OH is 1. The van der Waals surface area contributed by atoms with Crippen molar-refractivity contribution in [2.24, 2.45) is 0 Å². The molecule has 2 aliphatic rings. The Kier molecular flexibility index (Phi) is 7.25. The summed E-state index contributed by atoms with van der Waals surface area (Å²) < 4.78 is 35.2. The van der Waals surface area contributed by atoms with Crippen LogP contribution >= 0.6 is 26.8 Å². The van der Waals surface area contributed by atoms with E-state index in [9.17, 15) is 19.1 Å². The molecule has 5 rings (SSSR count). The molecule has 3 unspecified atom stereocenters. The average molecular weight is 573 g/mol. The molecule has 1 aliphatic carbocycles. The van der Waals surface area contributed by atoms with Crippen molar-refractivity contribution in [3.8, 4) is 0 Å². The quantitative estimate of drug-likeness (QED) is 0.231. The summed E-state index contributed by atoms with van der Waals surface area (Å²) in [6.45, 7) is -0.534. The molecule has 1 fully saturated rings. The number of pyridine rings is 1. The Hall–Kier alpha value is -1.85. The normalized spacial score (nSPS) is 25.4. The summed E-state index contributed by atoms with van der Waals surface area (Å²) in [6, 6.07) is 10.3. The minimum atomic E-state index is -4.77. The molecule has 0 radical (unpaired) electrons. The van der Waals surface area contributed by atoms with Crippen molar-refractivity contribution < 1.29 is 38.2 Å². The van der Waals surface area contributed by atoms with Gasteiger partial charge in [0.15, 0.2) is 17.8 Å². The van der Waals surface area contributed by atoms with E-state index in [-0.39, 0.29) is 17.6 Å². The number of halogens is 1. The second-order valence-corrected chi connectivity index (χ2v) is 13.7. The Morgan fingerprint density at radius 3 is 2.78 bits per heavy atom. The van der Waals surface area contributed by atoms with Gasteiger partial charge in [-0.3, -0.25) is 9.13 Å². The van der Waals surface area contributed by atoms with E-state index < -0.39 is 46.1 Å². The van der Waals surface area contributed by atoms with Gasteiger partial charge in [0.2, 0.25) is 0 Å². The van der Waals surface area contributed by atoms with Crippen LogP contribution in [0.4, 0.5) is 5.69 Å². The van der Waals surface area contributed by atoms with Gasteiger partial charge in [0, 0.05) is 13.5 Å². The van der Waals surface area contributed by atoms with Crippen molar-refractivity contribution in [2.45, 2.75) is 43.7 Å². The van der Waals surface area contributed by atoms with Gasteiger partial charge in [-0.2, -0.15) is 5.10 Å². The van der Waals surface area contributed by atoms with Gasteiger partial charge in [-0.25, -0.2) is 9.67 Å². The third-order valence-electron chi connectivity index (χ3n) is 6.74. The number of rotatable bonds is 8. The summed E-state index contributed by atoms with van der Waals surface area (Å²) in [5.74, 6) is -1.32. The van der Waals surface area contributed by atoms with E-state index in [1.807, 2.05) is 19.2 Å². The van der Waals surface area contributed by atoms with Crippen LogP contribution in [0.3, 0.4) is 0 Å². The molecular formula is C22H27ClN4O8P2. The van der Waals surface area contributed by atoms with Crippen LogP contribution in [0, 0.1) is 0 Å². The van der Waals surface area contributed by atoms with Crippen LogP contribution in [0.5, 0.6) is 0 Å². The number of anilines is 1. The first-order valence-electron chi connectivity index (χ1n) is 11.6. The second kappa shape index (κ2) is 10.0. The molecule has 15 heteroatoms. The Morgan fingerprint density at radius 1 is 1.27 bits per heavy atom. The van der Waals surface area contributed by atoms with Gasteiger partial charge >= 0.3 is 15.2 Å². The SMILES string of the molecule is CN(c1cc(Cl)nc2c1cnn2[C@H]1CC(O)[C@@H](COP(=O)(O)CP(=O)(O)O)O1)C1CCc2ccccc21. The highest BCUT2D eigenvalue weighted by molar-refractivity contribution is 7.70. The first-order valence-corrected chi connectivity index (χ1v) is 15.5. The second-order valence-electron chi connectivity index (χ2n) is 9.33. The van der Waals surface area contributed by atoms with Gasteiger partial charge in [-0.05, 0) is 30.0 Å². The molecule has 4 N–H and O–H groups in total. The van der Waals surface area contributed by atoms with Crippen molar-refractivity contribution in [1.29, 1.82) is 0 Å². The summed E-state index contributed by atoms with van der Waals surface area (Å²) in [7, 11) is -7.35. The Balaban J connectivity index is 1.36. The highest BCUT2D eigenvalue weighted by Crippen LogP contribution is 2.55. The number of hydrogen-bond donors (Lipinski definition) is 4. The molecule has 2 aromatic heterocycles. The molecule has 1 saturated heterocycles. The monoisotopic (exact) mass is 572 g/mol. The lowest BCUT2D eigenvalue weighted by Gasteiger charge is -2.28. The minimum Gasteiger partial charge on any atom is -0.390 e. The Labute approximate surface area is 217 Å². The predicted molar refractivity (Wildman–Crippen MR) is 136 cm³/mol. The number of fused-ring (bicyclic) bond motifs is 2. The fraction of sp³-hybridized carbons (Fsp3) is 0.455. The lowest BCUT2D eigenvalue weighted by Crippen LogP contribution is -2.26. The van der Waals surface area contributed by atoms with E-state index in [1.165, 1.54) is 15.8 Å². The molecule has 1 aromatic carbocycles. The van der Waals surface area contributed by atoms with Gasteiger partial charge in [-0.1, -0.05) is 35.9 Å². The van der Waals surface area contributed by atoms with E-state index >= 15 is 0 Å². The molecule has 0 spiro atoms.